The van der Waals surface area contributed by atoms with Gasteiger partial charge in [0, 0.05) is 11.9 Å². The van der Waals surface area contributed by atoms with Crippen LogP contribution in [0.1, 0.15) is 18.4 Å². The fraction of sp³-hybridized carbons (Fsp3) is 0.190. The normalized spacial score (nSPS) is 12.3. The molecular weight excluding hydrogens is 358 g/mol. The zero-order chi connectivity index (χ0) is 18.6. The van der Waals surface area contributed by atoms with Crippen molar-refractivity contribution < 1.29 is 9.21 Å². The van der Waals surface area contributed by atoms with Crippen LogP contribution in [0.3, 0.4) is 0 Å². The predicted octanol–water partition coefficient (Wildman–Crippen LogP) is 4.39. The Hall–Kier alpha value is -2.86. The van der Waals surface area contributed by atoms with Crippen LogP contribution in [0, 0.1) is 0 Å². The summed E-state index contributed by atoms with van der Waals surface area (Å²) in [5.41, 5.74) is 3.40. The maximum Gasteiger partial charge on any atom is 0.230 e. The van der Waals surface area contributed by atoms with E-state index in [2.05, 4.69) is 34.3 Å². The van der Waals surface area contributed by atoms with Gasteiger partial charge in [-0.1, -0.05) is 61.2 Å². The Morgan fingerprint density at radius 3 is 2.74 bits per heavy atom. The molecule has 0 saturated carbocycles. The molecule has 2 heterocycles. The molecule has 2 aromatic carbocycles. The van der Waals surface area contributed by atoms with Gasteiger partial charge in [0.05, 0.1) is 5.75 Å². The second-order valence-electron chi connectivity index (χ2n) is 6.36. The number of nitrogens with zero attached hydrogens (tertiary/aromatic N) is 2. The second kappa shape index (κ2) is 7.80. The molecule has 0 fully saturated rings. The number of aromatic nitrogens is 2. The fourth-order valence-corrected chi connectivity index (χ4v) is 3.72. The molecule has 1 amide bonds. The van der Waals surface area contributed by atoms with Crippen LogP contribution in [-0.2, 0) is 4.79 Å². The van der Waals surface area contributed by atoms with Crippen molar-refractivity contribution in [2.24, 2.45) is 0 Å². The van der Waals surface area contributed by atoms with Crippen molar-refractivity contribution in [3.63, 3.8) is 0 Å². The summed E-state index contributed by atoms with van der Waals surface area (Å²) in [5.74, 6) is 0.525. The lowest BCUT2D eigenvalue weighted by Gasteiger charge is -2.12. The number of hydrogen-bond acceptors (Lipinski definition) is 5. The molecule has 4 aromatic rings. The van der Waals surface area contributed by atoms with E-state index in [1.807, 2.05) is 42.5 Å². The van der Waals surface area contributed by atoms with Gasteiger partial charge in [0.15, 0.2) is 5.58 Å². The Balaban J connectivity index is 1.40. The quantitative estimate of drug-likeness (QED) is 0.399. The minimum atomic E-state index is -0.0225. The van der Waals surface area contributed by atoms with Crippen LogP contribution in [0.2, 0.25) is 0 Å². The summed E-state index contributed by atoms with van der Waals surface area (Å²) >= 11 is 1.36. The molecular formula is C21H19N3O2S. The highest BCUT2D eigenvalue weighted by atomic mass is 32.2. The summed E-state index contributed by atoms with van der Waals surface area (Å²) in [6.07, 6.45) is 1.52. The molecule has 0 unspecified atom stereocenters. The number of carbonyl (C=O) groups excluding carboxylic acids is 1. The van der Waals surface area contributed by atoms with E-state index in [1.54, 1.807) is 0 Å². The molecule has 0 aliphatic heterocycles. The van der Waals surface area contributed by atoms with Crippen LogP contribution in [0.4, 0.5) is 0 Å². The summed E-state index contributed by atoms with van der Waals surface area (Å²) in [7, 11) is 0. The molecule has 0 radical (unpaired) electrons. The summed E-state index contributed by atoms with van der Waals surface area (Å²) in [6.45, 7) is 2.71. The van der Waals surface area contributed by atoms with Crippen molar-refractivity contribution in [2.75, 3.05) is 12.3 Å². The zero-order valence-corrected chi connectivity index (χ0v) is 15.7. The van der Waals surface area contributed by atoms with E-state index in [4.69, 9.17) is 4.42 Å². The van der Waals surface area contributed by atoms with Crippen LogP contribution in [0.25, 0.3) is 22.1 Å². The highest BCUT2D eigenvalue weighted by molar-refractivity contribution is 8.00. The highest BCUT2D eigenvalue weighted by Gasteiger charge is 2.15. The van der Waals surface area contributed by atoms with E-state index in [0.29, 0.717) is 17.2 Å². The SMILES string of the molecule is C[C@@H](CNC(=O)CSc1ncnc2c1oc1ccccc12)c1ccccc1. The maximum absolute atomic E-state index is 12.3. The Labute approximate surface area is 161 Å². The smallest absolute Gasteiger partial charge is 0.230 e. The first kappa shape index (κ1) is 17.5. The van der Waals surface area contributed by atoms with Gasteiger partial charge in [-0.25, -0.2) is 9.97 Å². The zero-order valence-electron chi connectivity index (χ0n) is 14.9. The molecule has 0 aliphatic rings. The van der Waals surface area contributed by atoms with Gasteiger partial charge in [-0.05, 0) is 23.6 Å². The van der Waals surface area contributed by atoms with Gasteiger partial charge >= 0.3 is 0 Å². The van der Waals surface area contributed by atoms with Crippen molar-refractivity contribution in [1.82, 2.24) is 15.3 Å². The number of hydrogen-bond donors (Lipinski definition) is 1. The first-order chi connectivity index (χ1) is 13.2. The highest BCUT2D eigenvalue weighted by Crippen LogP contribution is 2.32. The molecule has 1 N–H and O–H groups in total. The van der Waals surface area contributed by atoms with Crippen LogP contribution < -0.4 is 5.32 Å². The molecule has 0 saturated heterocycles. The van der Waals surface area contributed by atoms with E-state index in [9.17, 15) is 4.79 Å². The second-order valence-corrected chi connectivity index (χ2v) is 7.32. The van der Waals surface area contributed by atoms with Gasteiger partial charge < -0.3 is 9.73 Å². The van der Waals surface area contributed by atoms with Crippen LogP contribution in [0.5, 0.6) is 0 Å². The molecule has 6 heteroatoms. The monoisotopic (exact) mass is 377 g/mol. The van der Waals surface area contributed by atoms with Gasteiger partial charge in [-0.2, -0.15) is 0 Å². The number of amides is 1. The molecule has 5 nitrogen and oxygen atoms in total. The van der Waals surface area contributed by atoms with Gasteiger partial charge in [-0.15, -0.1) is 0 Å². The molecule has 4 rings (SSSR count). The number of rotatable bonds is 6. The van der Waals surface area contributed by atoms with Gasteiger partial charge in [0.1, 0.15) is 22.5 Å². The van der Waals surface area contributed by atoms with Crippen LogP contribution in [0.15, 0.2) is 70.4 Å². The number of benzene rings is 2. The van der Waals surface area contributed by atoms with Crippen molar-refractivity contribution in [1.29, 1.82) is 0 Å². The molecule has 136 valence electrons. The Morgan fingerprint density at radius 2 is 1.89 bits per heavy atom. The van der Waals surface area contributed by atoms with Crippen molar-refractivity contribution in [2.45, 2.75) is 17.9 Å². The van der Waals surface area contributed by atoms with E-state index in [-0.39, 0.29) is 17.6 Å². The molecule has 0 bridgehead atoms. The van der Waals surface area contributed by atoms with E-state index in [1.165, 1.54) is 23.7 Å². The first-order valence-corrected chi connectivity index (χ1v) is 9.77. The summed E-state index contributed by atoms with van der Waals surface area (Å²) in [4.78, 5) is 20.9. The largest absolute Gasteiger partial charge is 0.451 e. The minimum absolute atomic E-state index is 0.0225. The van der Waals surface area contributed by atoms with Crippen LogP contribution >= 0.6 is 11.8 Å². The van der Waals surface area contributed by atoms with E-state index < -0.39 is 0 Å². The number of furan rings is 1. The minimum Gasteiger partial charge on any atom is -0.451 e. The Bertz CT molecular complexity index is 1080. The van der Waals surface area contributed by atoms with E-state index in [0.717, 1.165) is 16.5 Å². The van der Waals surface area contributed by atoms with E-state index >= 15 is 0 Å². The summed E-state index contributed by atoms with van der Waals surface area (Å²) in [5, 5.41) is 4.63. The third kappa shape index (κ3) is 3.80. The standard InChI is InChI=1S/C21H19N3O2S/c1-14(15-7-3-2-4-8-15)11-22-18(25)12-27-21-20-19(23-13-24-21)16-9-5-6-10-17(16)26-20/h2-10,13-14H,11-12H2,1H3,(H,22,25)/t14-/m0/s1. The van der Waals surface area contributed by atoms with Crippen molar-refractivity contribution in [3.8, 4) is 0 Å². The lowest BCUT2D eigenvalue weighted by molar-refractivity contribution is -0.118. The van der Waals surface area contributed by atoms with Crippen LogP contribution in [-0.4, -0.2) is 28.2 Å². The number of thioether (sulfide) groups is 1. The molecule has 0 spiro atoms. The van der Waals surface area contributed by atoms with Crippen molar-refractivity contribution >= 4 is 39.7 Å². The molecule has 2 aromatic heterocycles. The lowest BCUT2D eigenvalue weighted by Crippen LogP contribution is -2.29. The fourth-order valence-electron chi connectivity index (χ4n) is 2.96. The average molecular weight is 377 g/mol. The number of nitrogens with one attached hydrogen (secondary N) is 1. The summed E-state index contributed by atoms with van der Waals surface area (Å²) in [6, 6.07) is 17.9. The Kier molecular flexibility index (Phi) is 5.07. The lowest BCUT2D eigenvalue weighted by atomic mass is 10.0. The van der Waals surface area contributed by atoms with Gasteiger partial charge in [0.2, 0.25) is 5.91 Å². The predicted molar refractivity (Wildman–Crippen MR) is 108 cm³/mol. The number of carbonyl (C=O) groups is 1. The third-order valence-corrected chi connectivity index (χ3v) is 5.41. The van der Waals surface area contributed by atoms with Gasteiger partial charge in [-0.3, -0.25) is 4.79 Å². The molecule has 0 aliphatic carbocycles. The third-order valence-electron chi connectivity index (χ3n) is 4.44. The van der Waals surface area contributed by atoms with Gasteiger partial charge in [0.25, 0.3) is 0 Å². The molecule has 1 atom stereocenters. The summed E-state index contributed by atoms with van der Waals surface area (Å²) < 4.78 is 5.89. The topological polar surface area (TPSA) is 68.0 Å². The Morgan fingerprint density at radius 1 is 1.11 bits per heavy atom. The van der Waals surface area contributed by atoms with Crippen molar-refractivity contribution in [3.05, 3.63) is 66.5 Å². The average Bonchev–Trinajstić information content (AvgIpc) is 3.10. The maximum atomic E-state index is 12.3. The molecule has 27 heavy (non-hydrogen) atoms. The number of para-hydroxylation sites is 1. The number of fused-ring (bicyclic) bond motifs is 3. The first-order valence-electron chi connectivity index (χ1n) is 8.79.